The van der Waals surface area contributed by atoms with Gasteiger partial charge in [-0.05, 0) is 35.4 Å². The van der Waals surface area contributed by atoms with Crippen LogP contribution < -0.4 is 0 Å². The molecule has 1 fully saturated rings. The number of benzene rings is 2. The highest BCUT2D eigenvalue weighted by atomic mass is 19.1. The van der Waals surface area contributed by atoms with E-state index in [1.807, 2.05) is 41.3 Å². The largest absolute Gasteiger partial charge is 0.368 e. The summed E-state index contributed by atoms with van der Waals surface area (Å²) < 4.78 is 19.0. The second-order valence-corrected chi connectivity index (χ2v) is 7.22. The smallest absolute Gasteiger partial charge is 0.227 e. The minimum Gasteiger partial charge on any atom is -0.368 e. The van der Waals surface area contributed by atoms with Crippen LogP contribution in [0.5, 0.6) is 0 Å². The number of amides is 1. The molecule has 4 rings (SSSR count). The van der Waals surface area contributed by atoms with E-state index in [1.54, 1.807) is 12.1 Å². The molecule has 1 atom stereocenters. The molecular formula is C24H23FN2O2. The number of morpholine rings is 1. The molecule has 1 amide bonds. The first kappa shape index (κ1) is 19.3. The quantitative estimate of drug-likeness (QED) is 0.662. The van der Waals surface area contributed by atoms with Crippen molar-refractivity contribution >= 4 is 5.91 Å². The molecule has 0 saturated carbocycles. The lowest BCUT2D eigenvalue weighted by atomic mass is 10.1. The minimum atomic E-state index is -0.297. The molecule has 0 N–H and O–H groups in total. The third-order valence-corrected chi connectivity index (χ3v) is 5.07. The van der Waals surface area contributed by atoms with Crippen molar-refractivity contribution in [1.82, 2.24) is 9.88 Å². The summed E-state index contributed by atoms with van der Waals surface area (Å²) in [4.78, 5) is 19.3. The maximum Gasteiger partial charge on any atom is 0.227 e. The highest BCUT2D eigenvalue weighted by molar-refractivity contribution is 5.78. The summed E-state index contributed by atoms with van der Waals surface area (Å²) in [5.41, 5.74) is 3.84. The lowest BCUT2D eigenvalue weighted by Gasteiger charge is -2.33. The third-order valence-electron chi connectivity index (χ3n) is 5.07. The lowest BCUT2D eigenvalue weighted by Crippen LogP contribution is -2.43. The summed E-state index contributed by atoms with van der Waals surface area (Å²) in [6.45, 7) is 1.51. The van der Waals surface area contributed by atoms with Gasteiger partial charge in [-0.25, -0.2) is 4.39 Å². The van der Waals surface area contributed by atoms with Crippen LogP contribution in [0.1, 0.15) is 28.6 Å². The van der Waals surface area contributed by atoms with Gasteiger partial charge in [0.2, 0.25) is 5.91 Å². The molecule has 1 saturated heterocycles. The Hall–Kier alpha value is -3.05. The van der Waals surface area contributed by atoms with E-state index in [2.05, 4.69) is 12.1 Å². The first-order valence-electron chi connectivity index (χ1n) is 9.81. The number of pyridine rings is 1. The predicted octanol–water partition coefficient (Wildman–Crippen LogP) is 3.95. The highest BCUT2D eigenvalue weighted by Crippen LogP contribution is 2.22. The Balaban J connectivity index is 1.42. The number of carbonyl (C=O) groups excluding carboxylic acids is 1. The van der Waals surface area contributed by atoms with Crippen LogP contribution in [0.15, 0.2) is 72.8 Å². The predicted molar refractivity (Wildman–Crippen MR) is 109 cm³/mol. The van der Waals surface area contributed by atoms with Crippen molar-refractivity contribution in [3.05, 3.63) is 101 Å². The van der Waals surface area contributed by atoms with E-state index in [0.29, 0.717) is 19.7 Å². The van der Waals surface area contributed by atoms with Gasteiger partial charge in [-0.2, -0.15) is 0 Å². The Kier molecular flexibility index (Phi) is 5.96. The molecule has 2 aromatic carbocycles. The van der Waals surface area contributed by atoms with Gasteiger partial charge in [-0.15, -0.1) is 0 Å². The van der Waals surface area contributed by atoms with Gasteiger partial charge < -0.3 is 9.64 Å². The van der Waals surface area contributed by atoms with Crippen LogP contribution in [-0.2, 0) is 22.4 Å². The van der Waals surface area contributed by atoms with Crippen LogP contribution in [0.4, 0.5) is 4.39 Å². The van der Waals surface area contributed by atoms with Gasteiger partial charge in [-0.1, -0.05) is 48.5 Å². The van der Waals surface area contributed by atoms with Crippen LogP contribution in [-0.4, -0.2) is 35.5 Å². The van der Waals surface area contributed by atoms with Gasteiger partial charge in [0.15, 0.2) is 0 Å². The summed E-state index contributed by atoms with van der Waals surface area (Å²) in [5, 5.41) is 0. The Labute approximate surface area is 170 Å². The van der Waals surface area contributed by atoms with Crippen molar-refractivity contribution in [2.75, 3.05) is 19.7 Å². The number of hydrogen-bond donors (Lipinski definition) is 0. The molecule has 1 aromatic heterocycles. The van der Waals surface area contributed by atoms with Crippen molar-refractivity contribution in [2.45, 2.75) is 18.9 Å². The van der Waals surface area contributed by atoms with Gasteiger partial charge in [0.05, 0.1) is 25.3 Å². The summed E-state index contributed by atoms with van der Waals surface area (Å²) in [5.74, 6) is -0.278. The Morgan fingerprint density at radius 3 is 2.59 bits per heavy atom. The molecular weight excluding hydrogens is 367 g/mol. The zero-order chi connectivity index (χ0) is 20.1. The van der Waals surface area contributed by atoms with Crippen LogP contribution in [0, 0.1) is 5.82 Å². The maximum atomic E-state index is 13.1. The first-order chi connectivity index (χ1) is 14.2. The number of hydrogen-bond acceptors (Lipinski definition) is 3. The number of aromatic nitrogens is 1. The lowest BCUT2D eigenvalue weighted by molar-refractivity contribution is -0.138. The number of ether oxygens (including phenoxy) is 1. The van der Waals surface area contributed by atoms with Gasteiger partial charge in [0.25, 0.3) is 0 Å². The van der Waals surface area contributed by atoms with E-state index in [-0.39, 0.29) is 24.2 Å². The van der Waals surface area contributed by atoms with Crippen molar-refractivity contribution in [1.29, 1.82) is 0 Å². The SMILES string of the molecule is O=C(Cc1ccc(F)cc1)N1CCOC(c2cccc(Cc3ccccc3)n2)C1. The normalized spacial score (nSPS) is 16.6. The Morgan fingerprint density at radius 2 is 1.79 bits per heavy atom. The van der Waals surface area contributed by atoms with Crippen LogP contribution in [0.2, 0.25) is 0 Å². The van der Waals surface area contributed by atoms with Crippen molar-refractivity contribution in [2.24, 2.45) is 0 Å². The van der Waals surface area contributed by atoms with Crippen LogP contribution >= 0.6 is 0 Å². The van der Waals surface area contributed by atoms with Gasteiger partial charge in [0.1, 0.15) is 11.9 Å². The molecule has 0 radical (unpaired) electrons. The molecule has 1 aliphatic rings. The third kappa shape index (κ3) is 5.06. The van der Waals surface area contributed by atoms with E-state index < -0.39 is 0 Å². The number of carbonyl (C=O) groups is 1. The zero-order valence-electron chi connectivity index (χ0n) is 16.1. The van der Waals surface area contributed by atoms with Gasteiger partial charge in [0, 0.05) is 18.7 Å². The number of nitrogens with zero attached hydrogens (tertiary/aromatic N) is 2. The molecule has 5 heteroatoms. The van der Waals surface area contributed by atoms with Crippen molar-refractivity contribution in [3.63, 3.8) is 0 Å². The first-order valence-corrected chi connectivity index (χ1v) is 9.81. The average Bonchev–Trinajstić information content (AvgIpc) is 2.76. The Morgan fingerprint density at radius 1 is 1.00 bits per heavy atom. The van der Waals surface area contributed by atoms with Crippen LogP contribution in [0.3, 0.4) is 0 Å². The molecule has 0 spiro atoms. The number of rotatable bonds is 5. The minimum absolute atomic E-state index is 0.0188. The van der Waals surface area contributed by atoms with E-state index in [9.17, 15) is 9.18 Å². The maximum absolute atomic E-state index is 13.1. The standard InChI is InChI=1S/C24H23FN2O2/c25-20-11-9-19(10-12-20)16-24(28)27-13-14-29-23(17-27)22-8-4-7-21(26-22)15-18-5-2-1-3-6-18/h1-12,23H,13-17H2. The van der Waals surface area contributed by atoms with Crippen LogP contribution in [0.25, 0.3) is 0 Å². The van der Waals surface area contributed by atoms with E-state index in [0.717, 1.165) is 23.4 Å². The van der Waals surface area contributed by atoms with E-state index >= 15 is 0 Å². The molecule has 4 nitrogen and oxygen atoms in total. The molecule has 1 unspecified atom stereocenters. The molecule has 1 aliphatic heterocycles. The Bertz CT molecular complexity index is 960. The summed E-state index contributed by atoms with van der Waals surface area (Å²) >= 11 is 0. The molecule has 3 aromatic rings. The summed E-state index contributed by atoms with van der Waals surface area (Å²) in [6, 6.07) is 22.2. The molecule has 0 aliphatic carbocycles. The summed E-state index contributed by atoms with van der Waals surface area (Å²) in [6.07, 6.45) is 0.778. The summed E-state index contributed by atoms with van der Waals surface area (Å²) in [7, 11) is 0. The molecule has 0 bridgehead atoms. The topological polar surface area (TPSA) is 42.4 Å². The average molecular weight is 390 g/mol. The van der Waals surface area contributed by atoms with E-state index in [1.165, 1.54) is 17.7 Å². The second kappa shape index (κ2) is 8.97. The molecule has 2 heterocycles. The van der Waals surface area contributed by atoms with Gasteiger partial charge >= 0.3 is 0 Å². The van der Waals surface area contributed by atoms with Crippen molar-refractivity contribution < 1.29 is 13.9 Å². The number of halogens is 1. The highest BCUT2D eigenvalue weighted by Gasteiger charge is 2.26. The van der Waals surface area contributed by atoms with Gasteiger partial charge in [-0.3, -0.25) is 9.78 Å². The molecule has 29 heavy (non-hydrogen) atoms. The fraction of sp³-hybridized carbons (Fsp3) is 0.250. The fourth-order valence-electron chi connectivity index (χ4n) is 3.52. The monoisotopic (exact) mass is 390 g/mol. The second-order valence-electron chi connectivity index (χ2n) is 7.22. The fourth-order valence-corrected chi connectivity index (χ4v) is 3.52. The molecule has 148 valence electrons. The van der Waals surface area contributed by atoms with Crippen molar-refractivity contribution in [3.8, 4) is 0 Å². The zero-order valence-corrected chi connectivity index (χ0v) is 16.1. The van der Waals surface area contributed by atoms with E-state index in [4.69, 9.17) is 9.72 Å².